The molecule has 1 aliphatic heterocycles. The predicted molar refractivity (Wildman–Crippen MR) is 141 cm³/mol. The minimum Gasteiger partial charge on any atom is -0.491 e. The number of ether oxygens (including phenoxy) is 2. The van der Waals surface area contributed by atoms with Crippen molar-refractivity contribution in [2.24, 2.45) is 0 Å². The molecule has 2 atom stereocenters. The van der Waals surface area contributed by atoms with Crippen molar-refractivity contribution in [3.63, 3.8) is 0 Å². The van der Waals surface area contributed by atoms with Crippen molar-refractivity contribution in [2.75, 3.05) is 19.7 Å². The molecule has 0 saturated heterocycles. The second-order valence-electron chi connectivity index (χ2n) is 8.85. The van der Waals surface area contributed by atoms with Gasteiger partial charge in [-0.3, -0.25) is 0 Å². The molecule has 0 radical (unpaired) electrons. The van der Waals surface area contributed by atoms with Crippen LogP contribution in [0.3, 0.4) is 0 Å². The molecule has 0 spiro atoms. The molecule has 0 saturated carbocycles. The first-order valence-corrected chi connectivity index (χ1v) is 12.3. The molecule has 2 unspecified atom stereocenters. The number of nitrogens with one attached hydrogen (secondary N) is 1. The minimum absolute atomic E-state index is 0.0155. The van der Waals surface area contributed by atoms with E-state index in [1.54, 1.807) is 24.3 Å². The molecule has 3 aromatic carbocycles. The molecule has 3 aromatic rings. The standard InChI is InChI=1S/C29H30ClNO5/c1-2-3-22-15-24(30)10-13-27(22)35-18-25(32)16-31-17-26-11-8-23-14-21(9-12-28(23)36-26)19-4-6-20(7-5-19)29(33)34/h2,4-7,9-10,12-15,25-26,31-32H,1,3,8,11,16-18H2,(H,33,34). The molecule has 0 aromatic heterocycles. The fraction of sp³-hybridized carbons (Fsp3) is 0.276. The van der Waals surface area contributed by atoms with E-state index in [4.69, 9.17) is 26.2 Å². The zero-order valence-corrected chi connectivity index (χ0v) is 20.7. The topological polar surface area (TPSA) is 88.0 Å². The molecule has 0 bridgehead atoms. The lowest BCUT2D eigenvalue weighted by Gasteiger charge is -2.27. The Kier molecular flexibility index (Phi) is 8.65. The van der Waals surface area contributed by atoms with Gasteiger partial charge in [-0.05, 0) is 84.0 Å². The largest absolute Gasteiger partial charge is 0.491 e. The number of aliphatic hydroxyl groups excluding tert-OH is 1. The van der Waals surface area contributed by atoms with E-state index in [2.05, 4.69) is 18.0 Å². The van der Waals surface area contributed by atoms with E-state index < -0.39 is 12.1 Å². The second-order valence-corrected chi connectivity index (χ2v) is 9.29. The number of hydrogen-bond donors (Lipinski definition) is 3. The van der Waals surface area contributed by atoms with Gasteiger partial charge in [-0.2, -0.15) is 0 Å². The van der Waals surface area contributed by atoms with Gasteiger partial charge in [0.05, 0.1) is 5.56 Å². The summed E-state index contributed by atoms with van der Waals surface area (Å²) in [5.74, 6) is 0.627. The van der Waals surface area contributed by atoms with Crippen LogP contribution in [0.5, 0.6) is 11.5 Å². The predicted octanol–water partition coefficient (Wildman–Crippen LogP) is 5.16. The summed E-state index contributed by atoms with van der Waals surface area (Å²) in [6.45, 7) is 4.94. The van der Waals surface area contributed by atoms with Gasteiger partial charge < -0.3 is 25.0 Å². The Hall–Kier alpha value is -3.32. The van der Waals surface area contributed by atoms with Crippen LogP contribution < -0.4 is 14.8 Å². The third-order valence-electron chi connectivity index (χ3n) is 6.12. The summed E-state index contributed by atoms with van der Waals surface area (Å²) >= 11 is 6.06. The summed E-state index contributed by atoms with van der Waals surface area (Å²) in [5.41, 5.74) is 4.35. The lowest BCUT2D eigenvalue weighted by atomic mass is 9.96. The number of fused-ring (bicyclic) bond motifs is 1. The van der Waals surface area contributed by atoms with E-state index in [-0.39, 0.29) is 18.3 Å². The van der Waals surface area contributed by atoms with E-state index in [9.17, 15) is 9.90 Å². The average molecular weight is 508 g/mol. The zero-order valence-electron chi connectivity index (χ0n) is 20.0. The summed E-state index contributed by atoms with van der Waals surface area (Å²) in [6, 6.07) is 18.4. The van der Waals surface area contributed by atoms with Gasteiger partial charge in [0.15, 0.2) is 0 Å². The molecule has 0 aliphatic carbocycles. The summed E-state index contributed by atoms with van der Waals surface area (Å²) in [5, 5.41) is 23.4. The van der Waals surface area contributed by atoms with Gasteiger partial charge in [-0.25, -0.2) is 4.79 Å². The van der Waals surface area contributed by atoms with Crippen molar-refractivity contribution in [3.8, 4) is 22.6 Å². The number of carboxylic acid groups (broad SMARTS) is 1. The van der Waals surface area contributed by atoms with Crippen molar-refractivity contribution in [2.45, 2.75) is 31.5 Å². The Morgan fingerprint density at radius 1 is 1.17 bits per heavy atom. The number of carboxylic acids is 1. The van der Waals surface area contributed by atoms with Crippen molar-refractivity contribution in [1.29, 1.82) is 0 Å². The van der Waals surface area contributed by atoms with Crippen LogP contribution >= 0.6 is 11.6 Å². The maximum Gasteiger partial charge on any atom is 0.335 e. The number of allylic oxidation sites excluding steroid dienone is 1. The molecule has 4 rings (SSSR count). The third-order valence-corrected chi connectivity index (χ3v) is 6.36. The van der Waals surface area contributed by atoms with Crippen LogP contribution in [0, 0.1) is 0 Å². The van der Waals surface area contributed by atoms with E-state index >= 15 is 0 Å². The molecule has 188 valence electrons. The van der Waals surface area contributed by atoms with Crippen molar-refractivity contribution >= 4 is 17.6 Å². The highest BCUT2D eigenvalue weighted by atomic mass is 35.5. The molecule has 7 heteroatoms. The van der Waals surface area contributed by atoms with Crippen LogP contribution in [0.4, 0.5) is 0 Å². The molecular weight excluding hydrogens is 478 g/mol. The van der Waals surface area contributed by atoms with Crippen LogP contribution in [0.1, 0.15) is 27.9 Å². The molecule has 0 fully saturated rings. The maximum atomic E-state index is 11.1. The van der Waals surface area contributed by atoms with Gasteiger partial charge in [0.2, 0.25) is 0 Å². The Labute approximate surface area is 216 Å². The van der Waals surface area contributed by atoms with Crippen molar-refractivity contribution in [3.05, 3.63) is 95.0 Å². The average Bonchev–Trinajstić information content (AvgIpc) is 2.88. The lowest BCUT2D eigenvalue weighted by Crippen LogP contribution is -2.39. The highest BCUT2D eigenvalue weighted by molar-refractivity contribution is 6.30. The van der Waals surface area contributed by atoms with Gasteiger partial charge in [0, 0.05) is 18.1 Å². The smallest absolute Gasteiger partial charge is 0.335 e. The normalized spacial score (nSPS) is 15.4. The first-order valence-electron chi connectivity index (χ1n) is 12.0. The molecule has 0 amide bonds. The number of benzene rings is 3. The van der Waals surface area contributed by atoms with Crippen LogP contribution in [0.25, 0.3) is 11.1 Å². The van der Waals surface area contributed by atoms with E-state index in [1.165, 1.54) is 0 Å². The summed E-state index contributed by atoms with van der Waals surface area (Å²) < 4.78 is 12.0. The second kappa shape index (κ2) is 12.1. The molecular formula is C29H30ClNO5. The van der Waals surface area contributed by atoms with Crippen LogP contribution in [0.2, 0.25) is 5.02 Å². The third kappa shape index (κ3) is 6.66. The minimum atomic E-state index is -0.931. The first-order chi connectivity index (χ1) is 17.4. The fourth-order valence-corrected chi connectivity index (χ4v) is 4.43. The number of hydrogen-bond acceptors (Lipinski definition) is 5. The van der Waals surface area contributed by atoms with E-state index in [1.807, 2.05) is 36.4 Å². The molecule has 3 N–H and O–H groups in total. The van der Waals surface area contributed by atoms with Crippen LogP contribution in [-0.4, -0.2) is 48.1 Å². The molecule has 36 heavy (non-hydrogen) atoms. The first kappa shape index (κ1) is 25.8. The lowest BCUT2D eigenvalue weighted by molar-refractivity contribution is 0.0697. The highest BCUT2D eigenvalue weighted by Crippen LogP contribution is 2.32. The Bertz CT molecular complexity index is 1210. The fourth-order valence-electron chi connectivity index (χ4n) is 4.23. The van der Waals surface area contributed by atoms with Gasteiger partial charge in [0.25, 0.3) is 0 Å². The number of rotatable bonds is 11. The Morgan fingerprint density at radius 3 is 2.69 bits per heavy atom. The van der Waals surface area contributed by atoms with Crippen molar-refractivity contribution < 1.29 is 24.5 Å². The van der Waals surface area contributed by atoms with Gasteiger partial charge in [0.1, 0.15) is 30.3 Å². The van der Waals surface area contributed by atoms with Crippen molar-refractivity contribution in [1.82, 2.24) is 5.32 Å². The Balaban J connectivity index is 1.24. The number of aliphatic hydroxyl groups is 1. The Morgan fingerprint density at radius 2 is 1.94 bits per heavy atom. The summed E-state index contributed by atoms with van der Waals surface area (Å²) in [4.78, 5) is 11.1. The number of carbonyl (C=O) groups is 1. The molecule has 1 heterocycles. The quantitative estimate of drug-likeness (QED) is 0.311. The highest BCUT2D eigenvalue weighted by Gasteiger charge is 2.20. The molecule has 1 aliphatic rings. The van der Waals surface area contributed by atoms with Crippen LogP contribution in [0.15, 0.2) is 73.3 Å². The zero-order chi connectivity index (χ0) is 25.5. The van der Waals surface area contributed by atoms with Gasteiger partial charge in [-0.1, -0.05) is 35.9 Å². The SMILES string of the molecule is C=CCc1cc(Cl)ccc1OCC(O)CNCC1CCc2cc(-c3ccc(C(=O)O)cc3)ccc2O1. The number of aryl methyl sites for hydroxylation is 1. The summed E-state index contributed by atoms with van der Waals surface area (Å²) in [6.07, 6.45) is 3.53. The number of aromatic carboxylic acids is 1. The van der Waals surface area contributed by atoms with E-state index in [0.29, 0.717) is 30.3 Å². The monoisotopic (exact) mass is 507 g/mol. The van der Waals surface area contributed by atoms with Gasteiger partial charge >= 0.3 is 5.97 Å². The molecule has 6 nitrogen and oxygen atoms in total. The summed E-state index contributed by atoms with van der Waals surface area (Å²) in [7, 11) is 0. The maximum absolute atomic E-state index is 11.1. The van der Waals surface area contributed by atoms with E-state index in [0.717, 1.165) is 40.8 Å². The number of halogens is 1. The van der Waals surface area contributed by atoms with Gasteiger partial charge in [-0.15, -0.1) is 6.58 Å². The van der Waals surface area contributed by atoms with Crippen LogP contribution in [-0.2, 0) is 12.8 Å².